The number of ether oxygens (including phenoxy) is 1. The molecule has 1 aromatic carbocycles. The van der Waals surface area contributed by atoms with Gasteiger partial charge in [0.05, 0.1) is 0 Å². The number of aromatic hydroxyl groups is 1. The number of phenolic OH excluding ortho intramolecular Hbond substituents is 1. The Hall–Kier alpha value is -1.02. The molecule has 0 aliphatic carbocycles. The Morgan fingerprint density at radius 2 is 1.45 bits per heavy atom. The second-order valence-corrected chi connectivity index (χ2v) is 2.24. The molecule has 0 saturated carbocycles. The molecule has 11 heavy (non-hydrogen) atoms. The molecular weight excluding hydrogens is 140 g/mol. The summed E-state index contributed by atoms with van der Waals surface area (Å²) in [5.74, 6) is 0.329. The van der Waals surface area contributed by atoms with E-state index < -0.39 is 0 Å². The lowest BCUT2D eigenvalue weighted by Crippen LogP contribution is -1.66. The molecule has 0 fully saturated rings. The van der Waals surface area contributed by atoms with E-state index in [4.69, 9.17) is 5.11 Å². The first-order valence-corrected chi connectivity index (χ1v) is 3.36. The van der Waals surface area contributed by atoms with Crippen molar-refractivity contribution in [2.24, 2.45) is 0 Å². The van der Waals surface area contributed by atoms with E-state index in [1.807, 2.05) is 19.1 Å². The fraction of sp³-hybridized carbons (Fsp3) is 0.333. The van der Waals surface area contributed by atoms with E-state index in [0.29, 0.717) is 5.75 Å². The molecule has 0 radical (unpaired) electrons. The summed E-state index contributed by atoms with van der Waals surface area (Å²) in [7, 11) is 3.25. The molecule has 2 nitrogen and oxygen atoms in total. The summed E-state index contributed by atoms with van der Waals surface area (Å²) in [6, 6.07) is 7.09. The maximum atomic E-state index is 8.76. The van der Waals surface area contributed by atoms with Gasteiger partial charge >= 0.3 is 0 Å². The van der Waals surface area contributed by atoms with Gasteiger partial charge in [0.1, 0.15) is 5.75 Å². The highest BCUT2D eigenvalue weighted by atomic mass is 16.4. The third-order valence-electron chi connectivity index (χ3n) is 1.03. The number of hydrogen-bond donors (Lipinski definition) is 1. The molecule has 0 aromatic heterocycles. The minimum atomic E-state index is 0.329. The van der Waals surface area contributed by atoms with Crippen LogP contribution in [0, 0.1) is 6.92 Å². The van der Waals surface area contributed by atoms with Gasteiger partial charge in [-0.2, -0.15) is 0 Å². The number of aryl methyl sites for hydroxylation is 1. The van der Waals surface area contributed by atoms with Crippen LogP contribution in [-0.4, -0.2) is 19.3 Å². The van der Waals surface area contributed by atoms with Crippen LogP contribution in [0.25, 0.3) is 0 Å². The van der Waals surface area contributed by atoms with Gasteiger partial charge in [0.15, 0.2) is 0 Å². The fourth-order valence-electron chi connectivity index (χ4n) is 0.545. The topological polar surface area (TPSA) is 29.5 Å². The maximum absolute atomic E-state index is 8.76. The number of benzene rings is 1. The van der Waals surface area contributed by atoms with Gasteiger partial charge in [-0.1, -0.05) is 17.7 Å². The largest absolute Gasteiger partial charge is 0.508 e. The monoisotopic (exact) mass is 154 g/mol. The first kappa shape index (κ1) is 9.98. The van der Waals surface area contributed by atoms with E-state index in [2.05, 4.69) is 4.74 Å². The SMILES string of the molecule is COC.Cc1ccc(O)cc1. The molecule has 1 aromatic rings. The molecule has 0 aliphatic rings. The van der Waals surface area contributed by atoms with Crippen molar-refractivity contribution < 1.29 is 9.84 Å². The first-order chi connectivity index (χ1) is 5.20. The quantitative estimate of drug-likeness (QED) is 0.619. The van der Waals surface area contributed by atoms with E-state index in [9.17, 15) is 0 Å². The van der Waals surface area contributed by atoms with E-state index in [1.165, 1.54) is 5.56 Å². The third-order valence-corrected chi connectivity index (χ3v) is 1.03. The van der Waals surface area contributed by atoms with Gasteiger partial charge in [0, 0.05) is 14.2 Å². The van der Waals surface area contributed by atoms with Crippen molar-refractivity contribution in [3.05, 3.63) is 29.8 Å². The Morgan fingerprint density at radius 1 is 1.09 bits per heavy atom. The summed E-state index contributed by atoms with van der Waals surface area (Å²) in [6.45, 7) is 1.99. The molecule has 0 heterocycles. The normalized spacial score (nSPS) is 8.27. The third kappa shape index (κ3) is 5.43. The molecule has 0 amide bonds. The number of hydrogen-bond acceptors (Lipinski definition) is 2. The lowest BCUT2D eigenvalue weighted by Gasteiger charge is -1.89. The van der Waals surface area contributed by atoms with Crippen molar-refractivity contribution in [3.63, 3.8) is 0 Å². The number of phenols is 1. The minimum absolute atomic E-state index is 0.329. The predicted molar refractivity (Wildman–Crippen MR) is 45.8 cm³/mol. The van der Waals surface area contributed by atoms with Crippen LogP contribution in [0.3, 0.4) is 0 Å². The summed E-state index contributed by atoms with van der Waals surface area (Å²) < 4.78 is 4.25. The van der Waals surface area contributed by atoms with Gasteiger partial charge in [-0.3, -0.25) is 0 Å². The molecule has 1 rings (SSSR count). The van der Waals surface area contributed by atoms with Crippen LogP contribution < -0.4 is 0 Å². The molecule has 1 N–H and O–H groups in total. The Bertz CT molecular complexity index is 158. The highest BCUT2D eigenvalue weighted by Gasteiger charge is 1.82. The van der Waals surface area contributed by atoms with Crippen LogP contribution >= 0.6 is 0 Å². The Morgan fingerprint density at radius 3 is 1.73 bits per heavy atom. The average Bonchev–Trinajstić information content (AvgIpc) is 1.97. The predicted octanol–water partition coefficient (Wildman–Crippen LogP) is 1.96. The standard InChI is InChI=1S/C7H8O.C2H6O/c1-6-2-4-7(8)5-3-6;1-3-2/h2-5,8H,1H3;1-2H3. The summed E-state index contributed by atoms with van der Waals surface area (Å²) in [5.41, 5.74) is 1.17. The molecule has 0 saturated heterocycles. The average molecular weight is 154 g/mol. The summed E-state index contributed by atoms with van der Waals surface area (Å²) in [4.78, 5) is 0. The Kier molecular flexibility index (Phi) is 5.21. The van der Waals surface area contributed by atoms with Crippen LogP contribution in [0.15, 0.2) is 24.3 Å². The van der Waals surface area contributed by atoms with Crippen LogP contribution in [-0.2, 0) is 4.74 Å². The smallest absolute Gasteiger partial charge is 0.115 e. The Balaban J connectivity index is 0.000000292. The van der Waals surface area contributed by atoms with Crippen molar-refractivity contribution in [2.75, 3.05) is 14.2 Å². The first-order valence-electron chi connectivity index (χ1n) is 3.36. The summed E-state index contributed by atoms with van der Waals surface area (Å²) >= 11 is 0. The highest BCUT2D eigenvalue weighted by molar-refractivity contribution is 5.24. The molecule has 0 bridgehead atoms. The second-order valence-electron chi connectivity index (χ2n) is 2.24. The lowest BCUT2D eigenvalue weighted by atomic mass is 10.2. The van der Waals surface area contributed by atoms with Crippen molar-refractivity contribution >= 4 is 0 Å². The zero-order chi connectivity index (χ0) is 8.69. The van der Waals surface area contributed by atoms with Gasteiger partial charge in [0.2, 0.25) is 0 Å². The van der Waals surface area contributed by atoms with Gasteiger partial charge in [-0.15, -0.1) is 0 Å². The van der Waals surface area contributed by atoms with Crippen LogP contribution in [0.5, 0.6) is 5.75 Å². The van der Waals surface area contributed by atoms with Gasteiger partial charge in [-0.25, -0.2) is 0 Å². The number of rotatable bonds is 0. The summed E-state index contributed by atoms with van der Waals surface area (Å²) in [5, 5.41) is 8.76. The van der Waals surface area contributed by atoms with E-state index in [-0.39, 0.29) is 0 Å². The zero-order valence-corrected chi connectivity index (χ0v) is 7.16. The van der Waals surface area contributed by atoms with Gasteiger partial charge in [0.25, 0.3) is 0 Å². The van der Waals surface area contributed by atoms with Crippen LogP contribution in [0.2, 0.25) is 0 Å². The van der Waals surface area contributed by atoms with Crippen LogP contribution in [0.1, 0.15) is 5.56 Å². The van der Waals surface area contributed by atoms with Crippen molar-refractivity contribution in [1.82, 2.24) is 0 Å². The zero-order valence-electron chi connectivity index (χ0n) is 7.16. The molecule has 2 heteroatoms. The molecule has 62 valence electrons. The van der Waals surface area contributed by atoms with Crippen molar-refractivity contribution in [2.45, 2.75) is 6.92 Å². The van der Waals surface area contributed by atoms with E-state index in [0.717, 1.165) is 0 Å². The molecule has 0 atom stereocenters. The molecule has 0 spiro atoms. The van der Waals surface area contributed by atoms with Crippen molar-refractivity contribution in [1.29, 1.82) is 0 Å². The second kappa shape index (κ2) is 5.74. The van der Waals surface area contributed by atoms with E-state index >= 15 is 0 Å². The minimum Gasteiger partial charge on any atom is -0.508 e. The molecule has 0 aliphatic heterocycles. The summed E-state index contributed by atoms with van der Waals surface area (Å²) in [6.07, 6.45) is 0. The lowest BCUT2D eigenvalue weighted by molar-refractivity contribution is 0.277. The van der Waals surface area contributed by atoms with Gasteiger partial charge in [-0.05, 0) is 19.1 Å². The fourth-order valence-corrected chi connectivity index (χ4v) is 0.545. The van der Waals surface area contributed by atoms with E-state index in [1.54, 1.807) is 26.4 Å². The highest BCUT2D eigenvalue weighted by Crippen LogP contribution is 2.07. The number of methoxy groups -OCH3 is 1. The van der Waals surface area contributed by atoms with Gasteiger partial charge < -0.3 is 9.84 Å². The van der Waals surface area contributed by atoms with Crippen molar-refractivity contribution in [3.8, 4) is 5.75 Å². The molecular formula is C9H14O2. The van der Waals surface area contributed by atoms with Crippen LogP contribution in [0.4, 0.5) is 0 Å². The maximum Gasteiger partial charge on any atom is 0.115 e. The Labute approximate surface area is 67.4 Å². The molecule has 0 unspecified atom stereocenters.